The van der Waals surface area contributed by atoms with Crippen LogP contribution < -0.4 is 11.1 Å². The number of carbonyl (C=O) groups excluding carboxylic acids is 1. The fourth-order valence-corrected chi connectivity index (χ4v) is 2.91. The van der Waals surface area contributed by atoms with Crippen molar-refractivity contribution in [2.24, 2.45) is 10.9 Å². The van der Waals surface area contributed by atoms with Crippen molar-refractivity contribution < 1.29 is 14.4 Å². The molecule has 0 unspecified atom stereocenters. The normalized spacial score (nSPS) is 19.6. The van der Waals surface area contributed by atoms with Crippen LogP contribution in [0.15, 0.2) is 21.7 Å². The van der Waals surface area contributed by atoms with Gasteiger partial charge in [-0.2, -0.15) is 0 Å². The topological polar surface area (TPSA) is 101 Å². The molecule has 1 aromatic heterocycles. The van der Waals surface area contributed by atoms with Gasteiger partial charge in [-0.1, -0.05) is 37.3 Å². The lowest BCUT2D eigenvalue weighted by atomic mass is 9.82. The summed E-state index contributed by atoms with van der Waals surface area (Å²) in [4.78, 5) is 12.3. The molecule has 2 rings (SSSR count). The molecule has 116 valence electrons. The van der Waals surface area contributed by atoms with Gasteiger partial charge in [0, 0.05) is 0 Å². The largest absolute Gasteiger partial charge is 0.440 e. The molecule has 1 aliphatic carbocycles. The molecular formula is C14H20ClN3O3. The second-order valence-corrected chi connectivity index (χ2v) is 5.77. The van der Waals surface area contributed by atoms with Gasteiger partial charge in [0.05, 0.1) is 0 Å². The van der Waals surface area contributed by atoms with E-state index in [1.54, 1.807) is 0 Å². The minimum Gasteiger partial charge on any atom is -0.440 e. The fourth-order valence-electron chi connectivity index (χ4n) is 2.77. The number of amidine groups is 1. The van der Waals surface area contributed by atoms with E-state index in [-0.39, 0.29) is 16.8 Å². The molecule has 7 heteroatoms. The monoisotopic (exact) mass is 313 g/mol. The van der Waals surface area contributed by atoms with Gasteiger partial charge in [-0.15, -0.1) is 0 Å². The Bertz CT molecular complexity index is 519. The standard InChI is InChI=1S/C14H20ClN3O3/c15-11-7-6-10(21-11)12(19)17-14(13(16)18-20)8-4-2-1-3-5-9-14/h6-7,20H,1-5,8-9H2,(H2,16,18)(H,17,19). The Morgan fingerprint density at radius 3 is 2.43 bits per heavy atom. The molecule has 1 aromatic rings. The Hall–Kier alpha value is -1.69. The summed E-state index contributed by atoms with van der Waals surface area (Å²) in [5.41, 5.74) is 5.04. The summed E-state index contributed by atoms with van der Waals surface area (Å²) in [6, 6.07) is 3.01. The second-order valence-electron chi connectivity index (χ2n) is 5.39. The third-order valence-corrected chi connectivity index (χ3v) is 4.16. The first-order valence-electron chi connectivity index (χ1n) is 7.13. The van der Waals surface area contributed by atoms with E-state index in [2.05, 4.69) is 10.5 Å². The molecule has 1 amide bonds. The Labute approximate surface area is 128 Å². The fraction of sp³-hybridized carbons (Fsp3) is 0.571. The van der Waals surface area contributed by atoms with Crippen molar-refractivity contribution in [3.8, 4) is 0 Å². The molecule has 0 radical (unpaired) electrons. The van der Waals surface area contributed by atoms with Crippen LogP contribution in [0.2, 0.25) is 5.22 Å². The summed E-state index contributed by atoms with van der Waals surface area (Å²) in [6.07, 6.45) is 6.43. The van der Waals surface area contributed by atoms with Crippen LogP contribution in [0.5, 0.6) is 0 Å². The van der Waals surface area contributed by atoms with Gasteiger partial charge >= 0.3 is 0 Å². The number of halogens is 1. The van der Waals surface area contributed by atoms with E-state index in [0.717, 1.165) is 25.7 Å². The predicted octanol–water partition coefficient (Wildman–Crippen LogP) is 2.89. The molecule has 21 heavy (non-hydrogen) atoms. The Morgan fingerprint density at radius 2 is 1.90 bits per heavy atom. The second kappa shape index (κ2) is 6.85. The van der Waals surface area contributed by atoms with Crippen molar-refractivity contribution in [1.29, 1.82) is 0 Å². The molecule has 0 spiro atoms. The van der Waals surface area contributed by atoms with Crippen LogP contribution in [-0.4, -0.2) is 22.5 Å². The van der Waals surface area contributed by atoms with Gasteiger partial charge in [0.2, 0.25) is 0 Å². The molecule has 1 heterocycles. The lowest BCUT2D eigenvalue weighted by molar-refractivity contribution is 0.0882. The molecule has 1 aliphatic rings. The zero-order valence-corrected chi connectivity index (χ0v) is 12.5. The first-order chi connectivity index (χ1) is 10.1. The van der Waals surface area contributed by atoms with Gasteiger partial charge in [0.15, 0.2) is 16.8 Å². The van der Waals surface area contributed by atoms with Crippen LogP contribution in [-0.2, 0) is 0 Å². The van der Waals surface area contributed by atoms with Gasteiger partial charge in [0.1, 0.15) is 5.54 Å². The Morgan fingerprint density at radius 1 is 1.29 bits per heavy atom. The van der Waals surface area contributed by atoms with E-state index < -0.39 is 11.4 Å². The van der Waals surface area contributed by atoms with Crippen molar-refractivity contribution in [3.63, 3.8) is 0 Å². The lowest BCUT2D eigenvalue weighted by Gasteiger charge is -2.34. The summed E-state index contributed by atoms with van der Waals surface area (Å²) in [6.45, 7) is 0. The number of nitrogens with two attached hydrogens (primary N) is 1. The molecule has 6 nitrogen and oxygen atoms in total. The molecular weight excluding hydrogens is 294 g/mol. The van der Waals surface area contributed by atoms with Gasteiger partial charge in [-0.3, -0.25) is 4.79 Å². The SMILES string of the molecule is N/C(=N/O)C1(NC(=O)c2ccc(Cl)o2)CCCCCCC1. The van der Waals surface area contributed by atoms with Crippen LogP contribution >= 0.6 is 11.6 Å². The predicted molar refractivity (Wildman–Crippen MR) is 79.6 cm³/mol. The molecule has 0 bridgehead atoms. The summed E-state index contributed by atoms with van der Waals surface area (Å²) >= 11 is 5.68. The number of nitrogens with one attached hydrogen (secondary N) is 1. The Kier molecular flexibility index (Phi) is 5.12. The van der Waals surface area contributed by atoms with Crippen molar-refractivity contribution in [1.82, 2.24) is 5.32 Å². The molecule has 1 fully saturated rings. The highest BCUT2D eigenvalue weighted by atomic mass is 35.5. The summed E-state index contributed by atoms with van der Waals surface area (Å²) in [7, 11) is 0. The van der Waals surface area contributed by atoms with E-state index in [1.807, 2.05) is 0 Å². The zero-order chi connectivity index (χ0) is 15.3. The zero-order valence-electron chi connectivity index (χ0n) is 11.8. The third-order valence-electron chi connectivity index (χ3n) is 3.95. The number of hydrogen-bond acceptors (Lipinski definition) is 4. The maximum absolute atomic E-state index is 12.3. The average Bonchev–Trinajstić information content (AvgIpc) is 2.88. The van der Waals surface area contributed by atoms with Crippen LogP contribution in [0, 0.1) is 0 Å². The minimum atomic E-state index is -0.828. The molecule has 0 aliphatic heterocycles. The number of furan rings is 1. The van der Waals surface area contributed by atoms with Crippen LogP contribution in [0.3, 0.4) is 0 Å². The first kappa shape index (κ1) is 15.7. The van der Waals surface area contributed by atoms with Crippen LogP contribution in [0.25, 0.3) is 0 Å². The van der Waals surface area contributed by atoms with E-state index in [1.165, 1.54) is 18.6 Å². The number of oxime groups is 1. The van der Waals surface area contributed by atoms with Gasteiger partial charge < -0.3 is 20.7 Å². The van der Waals surface area contributed by atoms with Crippen LogP contribution in [0.1, 0.15) is 55.5 Å². The summed E-state index contributed by atoms with van der Waals surface area (Å²) < 4.78 is 5.11. The molecule has 0 atom stereocenters. The van der Waals surface area contributed by atoms with Crippen molar-refractivity contribution >= 4 is 23.3 Å². The lowest BCUT2D eigenvalue weighted by Crippen LogP contribution is -2.57. The maximum atomic E-state index is 12.3. The van der Waals surface area contributed by atoms with E-state index in [4.69, 9.17) is 27.0 Å². The molecule has 0 aromatic carbocycles. The first-order valence-corrected chi connectivity index (χ1v) is 7.51. The van der Waals surface area contributed by atoms with Gasteiger partial charge in [-0.05, 0) is 36.6 Å². The Balaban J connectivity index is 2.20. The quantitative estimate of drug-likeness (QED) is 0.345. The number of amides is 1. The number of hydrogen-bond donors (Lipinski definition) is 3. The molecule has 0 saturated heterocycles. The average molecular weight is 314 g/mol. The smallest absolute Gasteiger partial charge is 0.287 e. The van der Waals surface area contributed by atoms with Crippen molar-refractivity contribution in [2.75, 3.05) is 0 Å². The summed E-state index contributed by atoms with van der Waals surface area (Å²) in [5, 5.41) is 15.2. The number of rotatable bonds is 3. The van der Waals surface area contributed by atoms with E-state index in [0.29, 0.717) is 12.8 Å². The highest BCUT2D eigenvalue weighted by molar-refractivity contribution is 6.29. The molecule has 4 N–H and O–H groups in total. The van der Waals surface area contributed by atoms with Gasteiger partial charge in [-0.25, -0.2) is 0 Å². The highest BCUT2D eigenvalue weighted by Crippen LogP contribution is 2.27. The van der Waals surface area contributed by atoms with E-state index in [9.17, 15) is 4.79 Å². The number of nitrogens with zero attached hydrogens (tertiary/aromatic N) is 1. The maximum Gasteiger partial charge on any atom is 0.287 e. The van der Waals surface area contributed by atoms with Gasteiger partial charge in [0.25, 0.3) is 5.91 Å². The van der Waals surface area contributed by atoms with Crippen molar-refractivity contribution in [3.05, 3.63) is 23.1 Å². The third kappa shape index (κ3) is 3.69. The van der Waals surface area contributed by atoms with Crippen LogP contribution in [0.4, 0.5) is 0 Å². The summed E-state index contributed by atoms with van der Waals surface area (Å²) in [5.74, 6) is -0.253. The van der Waals surface area contributed by atoms with Crippen molar-refractivity contribution in [2.45, 2.75) is 50.5 Å². The molecule has 1 saturated carbocycles. The number of carbonyl (C=O) groups is 1. The minimum absolute atomic E-state index is 0.0374. The highest BCUT2D eigenvalue weighted by Gasteiger charge is 2.37. The van der Waals surface area contributed by atoms with E-state index >= 15 is 0 Å².